The highest BCUT2D eigenvalue weighted by Gasteiger charge is 2.37. The molecule has 4 rings (SSSR count). The van der Waals surface area contributed by atoms with Gasteiger partial charge in [-0.25, -0.2) is 8.42 Å². The second-order valence-electron chi connectivity index (χ2n) is 9.31. The van der Waals surface area contributed by atoms with Crippen molar-refractivity contribution in [3.63, 3.8) is 0 Å². The van der Waals surface area contributed by atoms with Gasteiger partial charge in [-0.3, -0.25) is 0 Å². The Balaban J connectivity index is 0.000000414. The van der Waals surface area contributed by atoms with Crippen LogP contribution in [-0.4, -0.2) is 36.4 Å². The van der Waals surface area contributed by atoms with Crippen molar-refractivity contribution in [1.29, 1.82) is 0 Å². The van der Waals surface area contributed by atoms with E-state index in [1.807, 2.05) is 6.07 Å². The molecular weight excluding hydrogens is 587 g/mol. The smallest absolute Gasteiger partial charge is 0.485 e. The monoisotopic (exact) mass is 611 g/mol. The van der Waals surface area contributed by atoms with Gasteiger partial charge < -0.3 is 4.55 Å². The van der Waals surface area contributed by atoms with Crippen LogP contribution in [0.1, 0.15) is 0 Å². The highest BCUT2D eigenvalue weighted by Crippen LogP contribution is 2.29. The molecule has 4 aromatic rings. The fourth-order valence-corrected chi connectivity index (χ4v) is 4.91. The number of aromatic nitrogens is 3. The average molecular weight is 613 g/mol. The fourth-order valence-electron chi connectivity index (χ4n) is 3.45. The number of benzene rings is 3. The van der Waals surface area contributed by atoms with Crippen LogP contribution in [0.3, 0.4) is 0 Å². The lowest BCUT2D eigenvalue weighted by Gasteiger charge is -2.15. The van der Waals surface area contributed by atoms with Gasteiger partial charge in [0.05, 0.1) is 19.3 Å². The van der Waals surface area contributed by atoms with Crippen LogP contribution in [0.4, 0.5) is 13.2 Å². The second kappa shape index (κ2) is 11.3. The van der Waals surface area contributed by atoms with Gasteiger partial charge in [-0.15, -0.1) is 0 Å². The number of halogens is 4. The molecule has 1 aromatic heterocycles. The molecule has 0 N–H and O–H groups in total. The first kappa shape index (κ1) is 28.8. The molecule has 0 fully saturated rings. The summed E-state index contributed by atoms with van der Waals surface area (Å²) in [5.74, 6) is 0. The predicted octanol–water partition coefficient (Wildman–Crippen LogP) is 6.19. The zero-order valence-corrected chi connectivity index (χ0v) is 23.7. The first-order chi connectivity index (χ1) is 17.2. The maximum Gasteiger partial charge on any atom is 0.485 e. The SMILES string of the molecule is C[Si](C)(C)C[n+]1c(-c2ccccc2)c(-c2ccccc2)nn1-c1ccc(Br)cc1.O=S(=O)([O-])C(F)(F)F. The van der Waals surface area contributed by atoms with Crippen molar-refractivity contribution in [3.05, 3.63) is 89.4 Å². The van der Waals surface area contributed by atoms with Gasteiger partial charge in [0, 0.05) is 15.6 Å². The molecule has 0 aliphatic heterocycles. The predicted molar refractivity (Wildman–Crippen MR) is 141 cm³/mol. The summed E-state index contributed by atoms with van der Waals surface area (Å²) in [6.45, 7) is 7.20. The Morgan fingerprint density at radius 3 is 1.78 bits per heavy atom. The minimum Gasteiger partial charge on any atom is -0.741 e. The third kappa shape index (κ3) is 7.60. The molecular formula is C25H25BrF3N3O3SSi. The Labute approximate surface area is 223 Å². The number of hydrogen-bond acceptors (Lipinski definition) is 4. The Bertz CT molecular complexity index is 1440. The second-order valence-corrected chi connectivity index (χ2v) is 17.0. The van der Waals surface area contributed by atoms with Crippen molar-refractivity contribution in [1.82, 2.24) is 9.90 Å². The molecule has 3 aromatic carbocycles. The summed E-state index contributed by atoms with van der Waals surface area (Å²) in [7, 11) is -7.52. The summed E-state index contributed by atoms with van der Waals surface area (Å²) in [5.41, 5.74) is -0.0852. The zero-order valence-electron chi connectivity index (χ0n) is 20.3. The zero-order chi connectivity index (χ0) is 27.4. The molecule has 0 spiro atoms. The van der Waals surface area contributed by atoms with E-state index in [0.29, 0.717) is 0 Å². The van der Waals surface area contributed by atoms with Crippen molar-refractivity contribution in [3.8, 4) is 28.2 Å². The molecule has 0 amide bonds. The number of hydrogen-bond donors (Lipinski definition) is 0. The van der Waals surface area contributed by atoms with Gasteiger partial charge in [0.25, 0.3) is 5.69 Å². The molecule has 0 saturated heterocycles. The standard InChI is InChI=1S/C24H25BrN3Si.CHF3O3S/c1-29(2,3)18-27-24(20-12-8-5-9-13-20)23(19-10-6-4-7-11-19)26-28(27)22-16-14-21(25)15-17-22;2-1(3,4)8(5,6)7/h4-17H,18H2,1-3H3;(H,5,6,7)/q+1;/p-1. The van der Waals surface area contributed by atoms with Crippen molar-refractivity contribution in [2.24, 2.45) is 0 Å². The Kier molecular flexibility index (Phi) is 8.78. The molecule has 0 unspecified atom stereocenters. The van der Waals surface area contributed by atoms with Gasteiger partial charge in [-0.05, 0) is 29.1 Å². The van der Waals surface area contributed by atoms with Gasteiger partial charge >= 0.3 is 5.51 Å². The number of nitrogens with zero attached hydrogens (tertiary/aromatic N) is 3. The summed E-state index contributed by atoms with van der Waals surface area (Å²) in [4.78, 5) is 2.08. The quantitative estimate of drug-likeness (QED) is 0.117. The summed E-state index contributed by atoms with van der Waals surface area (Å²) < 4.78 is 62.3. The van der Waals surface area contributed by atoms with E-state index < -0.39 is 23.7 Å². The normalized spacial score (nSPS) is 12.1. The minimum absolute atomic E-state index is 0.979. The molecule has 1 heterocycles. The van der Waals surface area contributed by atoms with Crippen LogP contribution < -0.4 is 4.68 Å². The van der Waals surface area contributed by atoms with Gasteiger partial charge in [0.2, 0.25) is 5.69 Å². The molecule has 0 atom stereocenters. The third-order valence-electron chi connectivity index (χ3n) is 4.97. The van der Waals surface area contributed by atoms with Crippen molar-refractivity contribution in [2.75, 3.05) is 0 Å². The van der Waals surface area contributed by atoms with Gasteiger partial charge in [-0.1, -0.05) is 96.2 Å². The molecule has 0 saturated carbocycles. The van der Waals surface area contributed by atoms with Crippen molar-refractivity contribution < 1.29 is 30.8 Å². The van der Waals surface area contributed by atoms with Gasteiger partial charge in [0.1, 0.15) is 5.69 Å². The first-order valence-corrected chi connectivity index (χ1v) is 17.0. The molecule has 196 valence electrons. The molecule has 37 heavy (non-hydrogen) atoms. The summed E-state index contributed by atoms with van der Waals surface area (Å²) in [5, 5.41) is 5.13. The van der Waals surface area contributed by atoms with E-state index in [-0.39, 0.29) is 0 Å². The summed E-state index contributed by atoms with van der Waals surface area (Å²) in [6, 6.07) is 29.5. The molecule has 6 nitrogen and oxygen atoms in total. The largest absolute Gasteiger partial charge is 0.741 e. The Morgan fingerprint density at radius 2 is 1.35 bits per heavy atom. The Hall–Kier alpha value is -2.80. The molecule has 12 heteroatoms. The minimum atomic E-state index is -6.09. The lowest BCUT2D eigenvalue weighted by Crippen LogP contribution is -2.52. The van der Waals surface area contributed by atoms with E-state index in [2.05, 4.69) is 124 Å². The van der Waals surface area contributed by atoms with Crippen LogP contribution in [-0.2, 0) is 16.3 Å². The maximum absolute atomic E-state index is 10.7. The summed E-state index contributed by atoms with van der Waals surface area (Å²) >= 11 is 3.55. The first-order valence-electron chi connectivity index (χ1n) is 11.1. The number of alkyl halides is 3. The van der Waals surface area contributed by atoms with E-state index in [1.165, 1.54) is 11.3 Å². The van der Waals surface area contributed by atoms with Crippen LogP contribution >= 0.6 is 15.9 Å². The summed E-state index contributed by atoms with van der Waals surface area (Å²) in [6.07, 6.45) is 0.979. The Morgan fingerprint density at radius 1 is 0.892 bits per heavy atom. The molecule has 0 aliphatic carbocycles. The van der Waals surface area contributed by atoms with E-state index in [1.54, 1.807) is 0 Å². The van der Waals surface area contributed by atoms with E-state index >= 15 is 0 Å². The van der Waals surface area contributed by atoms with E-state index in [4.69, 9.17) is 18.1 Å². The van der Waals surface area contributed by atoms with Crippen molar-refractivity contribution >= 4 is 34.1 Å². The lowest BCUT2D eigenvalue weighted by molar-refractivity contribution is -0.746. The van der Waals surface area contributed by atoms with Crippen LogP contribution in [0.2, 0.25) is 19.6 Å². The van der Waals surface area contributed by atoms with Crippen LogP contribution in [0.25, 0.3) is 28.2 Å². The van der Waals surface area contributed by atoms with Gasteiger partial charge in [0.15, 0.2) is 10.1 Å². The maximum atomic E-state index is 10.7. The van der Waals surface area contributed by atoms with Crippen LogP contribution in [0.5, 0.6) is 0 Å². The molecule has 0 aliphatic rings. The third-order valence-corrected chi connectivity index (χ3v) is 7.31. The topological polar surface area (TPSA) is 78.9 Å². The lowest BCUT2D eigenvalue weighted by atomic mass is 10.1. The molecule has 0 radical (unpaired) electrons. The fraction of sp³-hybridized carbons (Fsp3) is 0.200. The molecule has 0 bridgehead atoms. The number of rotatable bonds is 5. The van der Waals surface area contributed by atoms with E-state index in [0.717, 1.165) is 27.6 Å². The highest BCUT2D eigenvalue weighted by atomic mass is 79.9. The van der Waals surface area contributed by atoms with Crippen LogP contribution in [0.15, 0.2) is 89.4 Å². The highest BCUT2D eigenvalue weighted by molar-refractivity contribution is 9.10. The van der Waals surface area contributed by atoms with Crippen molar-refractivity contribution in [2.45, 2.75) is 31.3 Å². The van der Waals surface area contributed by atoms with Gasteiger partial charge in [-0.2, -0.15) is 17.9 Å². The van der Waals surface area contributed by atoms with E-state index in [9.17, 15) is 13.2 Å². The van der Waals surface area contributed by atoms with Crippen LogP contribution in [0, 0.1) is 0 Å². The average Bonchev–Trinajstić information content (AvgIpc) is 3.17.